The second-order valence-electron chi connectivity index (χ2n) is 8.46. The van der Waals surface area contributed by atoms with Gasteiger partial charge in [0.05, 0.1) is 0 Å². The minimum Gasteiger partial charge on any atom is -0.492 e. The van der Waals surface area contributed by atoms with E-state index in [9.17, 15) is 0 Å². The fourth-order valence-corrected chi connectivity index (χ4v) is 5.04. The number of hydrogen-bond donors (Lipinski definition) is 2. The summed E-state index contributed by atoms with van der Waals surface area (Å²) < 4.78 is 6.25. The molecule has 9 heteroatoms. The molecule has 5 rings (SSSR count). The topological polar surface area (TPSA) is 83.3 Å². The van der Waals surface area contributed by atoms with Crippen molar-refractivity contribution in [2.24, 2.45) is 0 Å². The van der Waals surface area contributed by atoms with Crippen molar-refractivity contribution in [3.63, 3.8) is 0 Å². The number of piperidine rings is 1. The van der Waals surface area contributed by atoms with Gasteiger partial charge in [-0.25, -0.2) is 5.10 Å². The molecule has 0 spiro atoms. The maximum atomic E-state index is 6.31. The molecule has 32 heavy (non-hydrogen) atoms. The second-order valence-corrected chi connectivity index (χ2v) is 9.33. The number of H-pyrrole nitrogens is 1. The summed E-state index contributed by atoms with van der Waals surface area (Å²) in [5, 5.41) is 8.44. The molecule has 3 heterocycles. The van der Waals surface area contributed by atoms with Gasteiger partial charge >= 0.3 is 0 Å². The molecule has 2 aliphatic heterocycles. The molecule has 1 fully saturated rings. The summed E-state index contributed by atoms with van der Waals surface area (Å²) in [5.74, 6) is 1.95. The van der Waals surface area contributed by atoms with Crippen LogP contribution in [0.25, 0.3) is 0 Å². The highest BCUT2D eigenvalue weighted by atomic mass is 35.5. The Morgan fingerprint density at radius 2 is 1.81 bits per heavy atom. The molecule has 1 aromatic heterocycles. The fourth-order valence-electron chi connectivity index (χ4n) is 4.72. The van der Waals surface area contributed by atoms with E-state index in [1.807, 2.05) is 30.3 Å². The third-order valence-corrected chi connectivity index (χ3v) is 6.85. The lowest BCUT2D eigenvalue weighted by Gasteiger charge is -2.41. The van der Waals surface area contributed by atoms with Crippen molar-refractivity contribution >= 4 is 35.1 Å². The Kier molecular flexibility index (Phi) is 6.13. The number of anilines is 2. The highest BCUT2D eigenvalue weighted by Crippen LogP contribution is 2.32. The second kappa shape index (κ2) is 9.17. The smallest absolute Gasteiger partial charge is 0.246 e. The van der Waals surface area contributed by atoms with Crippen LogP contribution in [0.4, 0.5) is 11.9 Å². The predicted octanol–water partition coefficient (Wildman–Crippen LogP) is 4.17. The number of benzene rings is 2. The van der Waals surface area contributed by atoms with Gasteiger partial charge in [-0.1, -0.05) is 35.3 Å². The van der Waals surface area contributed by atoms with Gasteiger partial charge in [0.15, 0.2) is 0 Å². The van der Waals surface area contributed by atoms with E-state index in [0.717, 1.165) is 60.3 Å². The van der Waals surface area contributed by atoms with Crippen LogP contribution in [-0.2, 0) is 13.0 Å². The van der Waals surface area contributed by atoms with Gasteiger partial charge in [-0.15, -0.1) is 5.10 Å². The maximum absolute atomic E-state index is 6.31. The monoisotopic (exact) mass is 472 g/mol. The van der Waals surface area contributed by atoms with E-state index in [2.05, 4.69) is 37.1 Å². The standard InChI is InChI=1S/C23H26Cl2N6O/c24-17-3-1-15(2-4-17)11-20-14-32-21-6-5-18(25)12-16(21)13-31(20)19-7-9-30(10-8-19)23-27-22(26)28-29-23/h1-6,12,19-20H,7-11,13-14H2,(H3,26,27,28,29). The summed E-state index contributed by atoms with van der Waals surface area (Å²) in [7, 11) is 0. The van der Waals surface area contributed by atoms with Crippen LogP contribution in [0.2, 0.25) is 10.0 Å². The average Bonchev–Trinajstić information content (AvgIpc) is 3.15. The van der Waals surface area contributed by atoms with Crippen LogP contribution in [0.3, 0.4) is 0 Å². The predicted molar refractivity (Wildman–Crippen MR) is 127 cm³/mol. The normalized spacial score (nSPS) is 19.9. The lowest BCUT2D eigenvalue weighted by Crippen LogP contribution is -2.50. The van der Waals surface area contributed by atoms with Gasteiger partial charge in [0.25, 0.3) is 0 Å². The zero-order valence-corrected chi connectivity index (χ0v) is 19.2. The molecule has 0 saturated carbocycles. The number of nitrogen functional groups attached to an aromatic ring is 1. The highest BCUT2D eigenvalue weighted by molar-refractivity contribution is 6.30. The lowest BCUT2D eigenvalue weighted by molar-refractivity contribution is 0.0833. The van der Waals surface area contributed by atoms with Crippen LogP contribution in [0.15, 0.2) is 42.5 Å². The number of ether oxygens (including phenoxy) is 1. The SMILES string of the molecule is Nc1nc(N2CCC(N3Cc4cc(Cl)ccc4OCC3Cc3ccc(Cl)cc3)CC2)n[nH]1. The molecule has 1 unspecified atom stereocenters. The summed E-state index contributed by atoms with van der Waals surface area (Å²) in [5.41, 5.74) is 8.10. The zero-order chi connectivity index (χ0) is 22.1. The molecule has 1 saturated heterocycles. The van der Waals surface area contributed by atoms with E-state index in [1.165, 1.54) is 5.56 Å². The van der Waals surface area contributed by atoms with E-state index >= 15 is 0 Å². The average molecular weight is 473 g/mol. The first-order valence-electron chi connectivity index (χ1n) is 10.9. The minimum absolute atomic E-state index is 0.248. The fraction of sp³-hybridized carbons (Fsp3) is 0.391. The number of rotatable bonds is 4. The van der Waals surface area contributed by atoms with Gasteiger partial charge in [0.1, 0.15) is 12.4 Å². The van der Waals surface area contributed by atoms with Crippen molar-refractivity contribution in [1.29, 1.82) is 0 Å². The Morgan fingerprint density at radius 1 is 1.06 bits per heavy atom. The van der Waals surface area contributed by atoms with Gasteiger partial charge in [-0.05, 0) is 55.2 Å². The number of aromatic nitrogens is 3. The first-order valence-corrected chi connectivity index (χ1v) is 11.6. The molecular weight excluding hydrogens is 447 g/mol. The number of nitrogens with two attached hydrogens (primary N) is 1. The van der Waals surface area contributed by atoms with E-state index in [-0.39, 0.29) is 6.04 Å². The molecule has 7 nitrogen and oxygen atoms in total. The third kappa shape index (κ3) is 4.65. The van der Waals surface area contributed by atoms with Gasteiger partial charge in [-0.2, -0.15) is 4.98 Å². The summed E-state index contributed by atoms with van der Waals surface area (Å²) in [6.45, 7) is 3.21. The Hall–Kier alpha value is -2.48. The summed E-state index contributed by atoms with van der Waals surface area (Å²) >= 11 is 12.4. The van der Waals surface area contributed by atoms with Crippen LogP contribution in [0.1, 0.15) is 24.0 Å². The molecule has 168 valence electrons. The maximum Gasteiger partial charge on any atom is 0.246 e. The Labute approximate surface area is 197 Å². The Balaban J connectivity index is 1.36. The largest absolute Gasteiger partial charge is 0.492 e. The number of hydrogen-bond acceptors (Lipinski definition) is 6. The first kappa shape index (κ1) is 21.4. The van der Waals surface area contributed by atoms with E-state index in [1.54, 1.807) is 0 Å². The quantitative estimate of drug-likeness (QED) is 0.592. The number of nitrogens with one attached hydrogen (secondary N) is 1. The van der Waals surface area contributed by atoms with Crippen molar-refractivity contribution in [3.05, 3.63) is 63.6 Å². The van der Waals surface area contributed by atoms with Crippen LogP contribution in [0.5, 0.6) is 5.75 Å². The van der Waals surface area contributed by atoms with Crippen LogP contribution in [-0.4, -0.2) is 51.9 Å². The molecule has 3 aromatic rings. The molecule has 0 bridgehead atoms. The molecule has 0 aliphatic carbocycles. The Morgan fingerprint density at radius 3 is 2.53 bits per heavy atom. The van der Waals surface area contributed by atoms with Gasteiger partial charge in [0.2, 0.25) is 11.9 Å². The third-order valence-electron chi connectivity index (χ3n) is 6.37. The first-order chi connectivity index (χ1) is 15.5. The van der Waals surface area contributed by atoms with Crippen molar-refractivity contribution in [1.82, 2.24) is 20.1 Å². The van der Waals surface area contributed by atoms with Crippen molar-refractivity contribution in [3.8, 4) is 5.75 Å². The van der Waals surface area contributed by atoms with Gasteiger partial charge in [0, 0.05) is 47.3 Å². The molecule has 2 aromatic carbocycles. The number of fused-ring (bicyclic) bond motifs is 1. The number of nitrogens with zero attached hydrogens (tertiary/aromatic N) is 4. The van der Waals surface area contributed by atoms with Crippen molar-refractivity contribution in [2.45, 2.75) is 37.9 Å². The molecule has 0 radical (unpaired) electrons. The molecular formula is C23H26Cl2N6O. The van der Waals surface area contributed by atoms with E-state index in [4.69, 9.17) is 33.7 Å². The Bertz CT molecular complexity index is 1060. The van der Waals surface area contributed by atoms with Crippen LogP contribution < -0.4 is 15.4 Å². The molecule has 0 amide bonds. The van der Waals surface area contributed by atoms with Gasteiger partial charge < -0.3 is 15.4 Å². The van der Waals surface area contributed by atoms with E-state index < -0.39 is 0 Å². The van der Waals surface area contributed by atoms with Crippen LogP contribution in [0, 0.1) is 0 Å². The summed E-state index contributed by atoms with van der Waals surface area (Å²) in [4.78, 5) is 9.07. The van der Waals surface area contributed by atoms with E-state index in [0.29, 0.717) is 24.5 Å². The number of halogens is 2. The van der Waals surface area contributed by atoms with Gasteiger partial charge in [-0.3, -0.25) is 4.90 Å². The molecule has 3 N–H and O–H groups in total. The lowest BCUT2D eigenvalue weighted by atomic mass is 9.97. The minimum atomic E-state index is 0.248. The van der Waals surface area contributed by atoms with Crippen LogP contribution >= 0.6 is 23.2 Å². The zero-order valence-electron chi connectivity index (χ0n) is 17.7. The van der Waals surface area contributed by atoms with Crippen molar-refractivity contribution < 1.29 is 4.74 Å². The molecule has 1 atom stereocenters. The van der Waals surface area contributed by atoms with Crippen molar-refractivity contribution in [2.75, 3.05) is 30.3 Å². The summed E-state index contributed by atoms with van der Waals surface area (Å²) in [6, 6.07) is 14.7. The highest BCUT2D eigenvalue weighted by Gasteiger charge is 2.33. The number of aromatic amines is 1. The molecule has 2 aliphatic rings. The summed E-state index contributed by atoms with van der Waals surface area (Å²) in [6.07, 6.45) is 2.93.